The molecule has 0 unspecified atom stereocenters. The second-order valence-electron chi connectivity index (χ2n) is 16.6. The number of hydrogen-bond acceptors (Lipinski definition) is 3. The van der Waals surface area contributed by atoms with Crippen LogP contribution in [0, 0.1) is 0 Å². The van der Waals surface area contributed by atoms with E-state index < -0.39 is 0 Å². The van der Waals surface area contributed by atoms with Gasteiger partial charge in [-0.25, -0.2) is 0 Å². The molecule has 8 aromatic rings. The molecule has 0 atom stereocenters. The topological polar surface area (TPSA) is 6.48 Å². The maximum atomic E-state index is 2.40. The van der Waals surface area contributed by atoms with Crippen LogP contribution in [-0.4, -0.2) is 5.54 Å². The molecule has 0 aliphatic heterocycles. The predicted molar refractivity (Wildman–Crippen MR) is 248 cm³/mol. The van der Waals surface area contributed by atoms with Gasteiger partial charge in [0.2, 0.25) is 0 Å². The lowest BCUT2D eigenvalue weighted by Gasteiger charge is -2.38. The molecule has 57 heavy (non-hydrogen) atoms. The van der Waals surface area contributed by atoms with Gasteiger partial charge in [0.05, 0.1) is 0 Å². The van der Waals surface area contributed by atoms with Crippen molar-refractivity contribution < 1.29 is 0 Å². The highest BCUT2D eigenvalue weighted by Crippen LogP contribution is 2.52. The molecule has 7 aromatic carbocycles. The summed E-state index contributed by atoms with van der Waals surface area (Å²) in [7, 11) is 0. The molecule has 0 N–H and O–H groups in total. The monoisotopic (exact) mass is 758 g/mol. The Balaban J connectivity index is 1.24. The Morgan fingerprint density at radius 2 is 0.667 bits per heavy atom. The molecule has 0 bridgehead atoms. The van der Waals surface area contributed by atoms with E-state index in [9.17, 15) is 0 Å². The van der Waals surface area contributed by atoms with E-state index in [2.05, 4.69) is 245 Å². The minimum absolute atomic E-state index is 0.0863. The normalized spacial score (nSPS) is 11.7. The van der Waals surface area contributed by atoms with Crippen molar-refractivity contribution in [1.82, 2.24) is 0 Å². The van der Waals surface area contributed by atoms with Crippen LogP contribution < -0.4 is 9.80 Å². The van der Waals surface area contributed by atoms with Gasteiger partial charge in [-0.05, 0) is 115 Å². The maximum absolute atomic E-state index is 2.40. The molecule has 2 nitrogen and oxygen atoms in total. The first-order chi connectivity index (χ1) is 27.6. The van der Waals surface area contributed by atoms with Gasteiger partial charge in [-0.2, -0.15) is 0 Å². The lowest BCUT2D eigenvalue weighted by Crippen LogP contribution is -2.37. The third-order valence-electron chi connectivity index (χ3n) is 10.5. The SMILES string of the molecule is CC(C)(C)c1ccc(-c2sc(-c3ccc(N(c4ccccc4)c4ccc(N(c5ccccc5)C(C)(C)C)cc4)cc3)c(-c3ccccc3)c2-c2ccccc2)cc1. The quantitative estimate of drug-likeness (QED) is 0.145. The molecular weight excluding hydrogens is 709 g/mol. The summed E-state index contributed by atoms with van der Waals surface area (Å²) in [6.45, 7) is 13.6. The van der Waals surface area contributed by atoms with E-state index in [1.807, 2.05) is 11.3 Å². The number of para-hydroxylation sites is 2. The fourth-order valence-electron chi connectivity index (χ4n) is 7.76. The van der Waals surface area contributed by atoms with Crippen molar-refractivity contribution in [2.75, 3.05) is 9.80 Å². The van der Waals surface area contributed by atoms with Crippen molar-refractivity contribution in [3.05, 3.63) is 200 Å². The molecular formula is C54H50N2S. The Kier molecular flexibility index (Phi) is 10.4. The van der Waals surface area contributed by atoms with Gasteiger partial charge in [0.1, 0.15) is 0 Å². The molecule has 1 heterocycles. The van der Waals surface area contributed by atoms with Crippen LogP contribution in [0.1, 0.15) is 47.1 Å². The van der Waals surface area contributed by atoms with Crippen LogP contribution in [0.3, 0.4) is 0 Å². The van der Waals surface area contributed by atoms with E-state index in [0.29, 0.717) is 0 Å². The van der Waals surface area contributed by atoms with Gasteiger partial charge in [-0.15, -0.1) is 11.3 Å². The Labute approximate surface area is 343 Å². The Morgan fingerprint density at radius 1 is 0.333 bits per heavy atom. The third kappa shape index (κ3) is 7.94. The van der Waals surface area contributed by atoms with E-state index in [1.165, 1.54) is 54.4 Å². The van der Waals surface area contributed by atoms with Gasteiger partial charge >= 0.3 is 0 Å². The molecule has 0 fully saturated rings. The second kappa shape index (κ2) is 15.8. The van der Waals surface area contributed by atoms with Crippen LogP contribution in [-0.2, 0) is 5.41 Å². The average Bonchev–Trinajstić information content (AvgIpc) is 3.63. The number of thiophene rings is 1. The molecule has 0 aliphatic rings. The summed E-state index contributed by atoms with van der Waals surface area (Å²) < 4.78 is 0. The molecule has 0 aliphatic carbocycles. The molecule has 3 heteroatoms. The summed E-state index contributed by atoms with van der Waals surface area (Å²) >= 11 is 1.89. The highest BCUT2D eigenvalue weighted by molar-refractivity contribution is 7.20. The number of benzene rings is 7. The zero-order valence-electron chi connectivity index (χ0n) is 33.8. The van der Waals surface area contributed by atoms with Crippen LogP contribution in [0.4, 0.5) is 28.4 Å². The molecule has 0 amide bonds. The largest absolute Gasteiger partial charge is 0.336 e. The van der Waals surface area contributed by atoms with Crippen molar-refractivity contribution in [2.45, 2.75) is 52.5 Å². The maximum Gasteiger partial charge on any atom is 0.0463 e. The lowest BCUT2D eigenvalue weighted by atomic mass is 9.86. The van der Waals surface area contributed by atoms with Crippen molar-refractivity contribution in [2.24, 2.45) is 0 Å². The highest BCUT2D eigenvalue weighted by Gasteiger charge is 2.26. The molecule has 0 saturated carbocycles. The molecule has 0 radical (unpaired) electrons. The van der Waals surface area contributed by atoms with Gasteiger partial charge in [0.15, 0.2) is 0 Å². The number of anilines is 5. The zero-order chi connectivity index (χ0) is 39.6. The standard InChI is InChI=1S/C54H50N2S/c1-53(2,3)43-31-27-41(28-32-43)51-49(39-19-11-7-12-20-39)50(40-21-13-8-14-22-40)52(57-51)42-29-33-45(34-30-42)55(44-23-15-9-16-24-44)46-35-37-48(38-36-46)56(54(4,5)6)47-25-17-10-18-26-47/h7-38H,1-6H3. The fourth-order valence-corrected chi connectivity index (χ4v) is 9.11. The third-order valence-corrected chi connectivity index (χ3v) is 11.8. The van der Waals surface area contributed by atoms with Gasteiger partial charge < -0.3 is 9.80 Å². The Morgan fingerprint density at radius 3 is 1.09 bits per heavy atom. The average molecular weight is 759 g/mol. The van der Waals surface area contributed by atoms with Crippen molar-refractivity contribution in [1.29, 1.82) is 0 Å². The van der Waals surface area contributed by atoms with Crippen molar-refractivity contribution >= 4 is 39.8 Å². The summed E-state index contributed by atoms with van der Waals surface area (Å²) in [4.78, 5) is 7.30. The molecule has 0 saturated heterocycles. The fraction of sp³-hybridized carbons (Fsp3) is 0.148. The summed E-state index contributed by atoms with van der Waals surface area (Å²) in [6.07, 6.45) is 0. The Hall–Kier alpha value is -6.16. The molecule has 282 valence electrons. The molecule has 1 aromatic heterocycles. The van der Waals surface area contributed by atoms with Crippen LogP contribution in [0.2, 0.25) is 0 Å². The van der Waals surface area contributed by atoms with Gasteiger partial charge in [-0.1, -0.05) is 154 Å². The van der Waals surface area contributed by atoms with Crippen LogP contribution in [0.5, 0.6) is 0 Å². The number of hydrogen-bond donors (Lipinski definition) is 0. The van der Waals surface area contributed by atoms with Gasteiger partial charge in [-0.3, -0.25) is 0 Å². The van der Waals surface area contributed by atoms with E-state index in [0.717, 1.165) is 22.7 Å². The van der Waals surface area contributed by atoms with E-state index in [1.54, 1.807) is 0 Å². The van der Waals surface area contributed by atoms with Crippen molar-refractivity contribution in [3.63, 3.8) is 0 Å². The van der Waals surface area contributed by atoms with Crippen LogP contribution in [0.15, 0.2) is 194 Å². The number of nitrogens with zero attached hydrogens (tertiary/aromatic N) is 2. The van der Waals surface area contributed by atoms with E-state index in [-0.39, 0.29) is 11.0 Å². The summed E-state index contributed by atoms with van der Waals surface area (Å²) in [5, 5.41) is 0. The second-order valence-corrected chi connectivity index (χ2v) is 17.7. The van der Waals surface area contributed by atoms with E-state index >= 15 is 0 Å². The van der Waals surface area contributed by atoms with Crippen molar-refractivity contribution in [3.8, 4) is 43.1 Å². The minimum Gasteiger partial charge on any atom is -0.336 e. The first-order valence-electron chi connectivity index (χ1n) is 19.9. The van der Waals surface area contributed by atoms with Gasteiger partial charge in [0, 0.05) is 54.9 Å². The predicted octanol–water partition coefficient (Wildman–Crippen LogP) is 16.1. The zero-order valence-corrected chi connectivity index (χ0v) is 34.6. The van der Waals surface area contributed by atoms with E-state index in [4.69, 9.17) is 0 Å². The minimum atomic E-state index is -0.103. The summed E-state index contributed by atoms with van der Waals surface area (Å²) in [5.74, 6) is 0. The Bertz CT molecular complexity index is 2530. The highest BCUT2D eigenvalue weighted by atomic mass is 32.1. The summed E-state index contributed by atoms with van der Waals surface area (Å²) in [6, 6.07) is 70.5. The van der Waals surface area contributed by atoms with Gasteiger partial charge in [0.25, 0.3) is 0 Å². The summed E-state index contributed by atoms with van der Waals surface area (Å²) in [5.41, 5.74) is 14.4. The number of rotatable bonds is 9. The first kappa shape index (κ1) is 37.7. The first-order valence-corrected chi connectivity index (χ1v) is 20.7. The molecule has 8 rings (SSSR count). The van der Waals surface area contributed by atoms with Crippen LogP contribution >= 0.6 is 11.3 Å². The molecule has 0 spiro atoms. The van der Waals surface area contributed by atoms with Crippen LogP contribution in [0.25, 0.3) is 43.1 Å². The lowest BCUT2D eigenvalue weighted by molar-refractivity contribution is 0.560. The smallest absolute Gasteiger partial charge is 0.0463 e.